The molecule has 0 spiro atoms. The fourth-order valence-electron chi connectivity index (χ4n) is 3.60. The van der Waals surface area contributed by atoms with Gasteiger partial charge in [0.25, 0.3) is 0 Å². The van der Waals surface area contributed by atoms with Gasteiger partial charge in [-0.3, -0.25) is 4.99 Å². The maximum atomic E-state index is 6.38. The van der Waals surface area contributed by atoms with Crippen LogP contribution in [0.1, 0.15) is 27.8 Å². The van der Waals surface area contributed by atoms with Crippen molar-refractivity contribution in [2.45, 2.75) is 20.4 Å². The second kappa shape index (κ2) is 9.88. The van der Waals surface area contributed by atoms with E-state index in [1.807, 2.05) is 49.4 Å². The zero-order valence-electron chi connectivity index (χ0n) is 18.5. The van der Waals surface area contributed by atoms with Crippen LogP contribution in [0.3, 0.4) is 0 Å². The standard InChI is InChI=1S/C29H27N3/c1-21-9-6-15-26(17-21)28(30)32-29(27-16-7-10-22(2)18-27)31-20-23-11-8-14-25(19-23)24-12-4-3-5-13-24/h3-19H,20H2,1-2H3,(H2,30,31,32). The summed E-state index contributed by atoms with van der Waals surface area (Å²) >= 11 is 0. The molecule has 158 valence electrons. The van der Waals surface area contributed by atoms with Gasteiger partial charge in [0.15, 0.2) is 5.84 Å². The Labute approximate surface area is 190 Å². The van der Waals surface area contributed by atoms with Crippen LogP contribution in [0, 0.1) is 13.8 Å². The summed E-state index contributed by atoms with van der Waals surface area (Å²) in [6.07, 6.45) is 0. The Hall–Kier alpha value is -3.98. The monoisotopic (exact) mass is 417 g/mol. The first-order chi connectivity index (χ1) is 15.6. The molecule has 0 aliphatic heterocycles. The van der Waals surface area contributed by atoms with Gasteiger partial charge in [0.05, 0.1) is 6.54 Å². The van der Waals surface area contributed by atoms with Crippen molar-refractivity contribution in [1.82, 2.24) is 0 Å². The minimum atomic E-state index is 0.465. The number of hydrogen-bond acceptors (Lipinski definition) is 1. The number of amidine groups is 2. The lowest BCUT2D eigenvalue weighted by atomic mass is 10.0. The molecule has 0 fully saturated rings. The van der Waals surface area contributed by atoms with Crippen LogP contribution in [0.25, 0.3) is 11.1 Å². The first-order valence-corrected chi connectivity index (χ1v) is 10.8. The molecule has 0 saturated carbocycles. The van der Waals surface area contributed by atoms with Crippen molar-refractivity contribution in [1.29, 1.82) is 0 Å². The summed E-state index contributed by atoms with van der Waals surface area (Å²) < 4.78 is 0. The predicted octanol–water partition coefficient (Wildman–Crippen LogP) is 6.32. The number of nitrogens with two attached hydrogens (primary N) is 1. The summed E-state index contributed by atoms with van der Waals surface area (Å²) in [6, 6.07) is 35.1. The molecule has 3 nitrogen and oxygen atoms in total. The Bertz CT molecular complexity index is 1270. The van der Waals surface area contributed by atoms with Gasteiger partial charge in [0.2, 0.25) is 0 Å². The molecular formula is C29H27N3. The van der Waals surface area contributed by atoms with Crippen molar-refractivity contribution >= 4 is 11.7 Å². The van der Waals surface area contributed by atoms with E-state index in [1.54, 1.807) is 0 Å². The molecule has 4 aromatic rings. The normalized spacial score (nSPS) is 12.1. The highest BCUT2D eigenvalue weighted by Crippen LogP contribution is 2.20. The first kappa shape index (κ1) is 21.3. The van der Waals surface area contributed by atoms with Gasteiger partial charge in [-0.15, -0.1) is 0 Å². The molecule has 2 N–H and O–H groups in total. The Morgan fingerprint density at radius 2 is 1.28 bits per heavy atom. The van der Waals surface area contributed by atoms with Crippen molar-refractivity contribution in [3.63, 3.8) is 0 Å². The molecule has 32 heavy (non-hydrogen) atoms. The molecule has 0 unspecified atom stereocenters. The molecule has 3 heteroatoms. The Morgan fingerprint density at radius 1 is 0.656 bits per heavy atom. The number of hydrogen-bond donors (Lipinski definition) is 1. The average Bonchev–Trinajstić information content (AvgIpc) is 2.82. The SMILES string of the molecule is Cc1cccc(C(N)=NC(=NCc2cccc(-c3ccccc3)c2)c2cccc(C)c2)c1. The molecule has 0 bridgehead atoms. The number of nitrogens with zero attached hydrogens (tertiary/aromatic N) is 2. The Kier molecular flexibility index (Phi) is 6.57. The third kappa shape index (κ3) is 5.38. The number of aryl methyl sites for hydroxylation is 2. The zero-order chi connectivity index (χ0) is 22.3. The van der Waals surface area contributed by atoms with Crippen LogP contribution in [-0.4, -0.2) is 11.7 Å². The molecule has 0 aliphatic rings. The Morgan fingerprint density at radius 3 is 2.00 bits per heavy atom. The summed E-state index contributed by atoms with van der Waals surface area (Å²) in [5.41, 5.74) is 14.0. The average molecular weight is 418 g/mol. The molecule has 0 aromatic heterocycles. The van der Waals surface area contributed by atoms with Crippen molar-refractivity contribution in [2.24, 2.45) is 15.7 Å². The number of benzene rings is 4. The highest BCUT2D eigenvalue weighted by atomic mass is 15.0. The van der Waals surface area contributed by atoms with Crippen LogP contribution in [0.15, 0.2) is 113 Å². The van der Waals surface area contributed by atoms with Crippen molar-refractivity contribution in [3.8, 4) is 11.1 Å². The summed E-state index contributed by atoms with van der Waals surface area (Å²) in [4.78, 5) is 9.62. The predicted molar refractivity (Wildman–Crippen MR) is 135 cm³/mol. The summed E-state index contributed by atoms with van der Waals surface area (Å²) in [5.74, 6) is 1.10. The van der Waals surface area contributed by atoms with E-state index >= 15 is 0 Å². The molecule has 4 rings (SSSR count). The second-order valence-electron chi connectivity index (χ2n) is 7.94. The zero-order valence-corrected chi connectivity index (χ0v) is 18.5. The molecule has 0 radical (unpaired) electrons. The highest BCUT2D eigenvalue weighted by Gasteiger charge is 2.07. The summed E-state index contributed by atoms with van der Waals surface area (Å²) in [7, 11) is 0. The molecule has 0 heterocycles. The minimum Gasteiger partial charge on any atom is -0.383 e. The van der Waals surface area contributed by atoms with Gasteiger partial charge in [0.1, 0.15) is 5.84 Å². The lowest BCUT2D eigenvalue weighted by Crippen LogP contribution is -2.16. The van der Waals surface area contributed by atoms with Crippen LogP contribution in [0.4, 0.5) is 0 Å². The molecular weight excluding hydrogens is 390 g/mol. The van der Waals surface area contributed by atoms with E-state index in [0.29, 0.717) is 18.2 Å². The Balaban J connectivity index is 1.68. The third-order valence-corrected chi connectivity index (χ3v) is 5.26. The van der Waals surface area contributed by atoms with Gasteiger partial charge in [-0.25, -0.2) is 4.99 Å². The maximum Gasteiger partial charge on any atom is 0.157 e. The maximum absolute atomic E-state index is 6.38. The van der Waals surface area contributed by atoms with Gasteiger partial charge in [-0.2, -0.15) is 0 Å². The molecule has 0 aliphatic carbocycles. The van der Waals surface area contributed by atoms with Crippen LogP contribution >= 0.6 is 0 Å². The van der Waals surface area contributed by atoms with Crippen LogP contribution in [-0.2, 0) is 6.54 Å². The van der Waals surface area contributed by atoms with Gasteiger partial charge in [0, 0.05) is 11.1 Å². The van der Waals surface area contributed by atoms with E-state index in [4.69, 9.17) is 15.7 Å². The van der Waals surface area contributed by atoms with E-state index in [-0.39, 0.29) is 0 Å². The third-order valence-electron chi connectivity index (χ3n) is 5.26. The van der Waals surface area contributed by atoms with E-state index in [2.05, 4.69) is 67.6 Å². The van der Waals surface area contributed by atoms with Crippen LogP contribution < -0.4 is 5.73 Å². The van der Waals surface area contributed by atoms with Crippen molar-refractivity contribution in [2.75, 3.05) is 0 Å². The smallest absolute Gasteiger partial charge is 0.157 e. The van der Waals surface area contributed by atoms with Gasteiger partial charge >= 0.3 is 0 Å². The lowest BCUT2D eigenvalue weighted by Gasteiger charge is -2.08. The lowest BCUT2D eigenvalue weighted by molar-refractivity contribution is 1.06. The van der Waals surface area contributed by atoms with Gasteiger partial charge in [-0.1, -0.05) is 96.1 Å². The van der Waals surface area contributed by atoms with Crippen molar-refractivity contribution in [3.05, 3.63) is 131 Å². The van der Waals surface area contributed by atoms with Gasteiger partial charge < -0.3 is 5.73 Å². The van der Waals surface area contributed by atoms with E-state index in [9.17, 15) is 0 Å². The first-order valence-electron chi connectivity index (χ1n) is 10.8. The van der Waals surface area contributed by atoms with E-state index in [1.165, 1.54) is 11.1 Å². The topological polar surface area (TPSA) is 50.7 Å². The summed E-state index contributed by atoms with van der Waals surface area (Å²) in [5, 5.41) is 0. The van der Waals surface area contributed by atoms with Crippen LogP contribution in [0.5, 0.6) is 0 Å². The minimum absolute atomic E-state index is 0.465. The quantitative estimate of drug-likeness (QED) is 0.300. The fraction of sp³-hybridized carbons (Fsp3) is 0.103. The fourth-order valence-corrected chi connectivity index (χ4v) is 3.60. The van der Waals surface area contributed by atoms with Gasteiger partial charge in [-0.05, 0) is 48.7 Å². The highest BCUT2D eigenvalue weighted by molar-refractivity contribution is 6.11. The largest absolute Gasteiger partial charge is 0.383 e. The van der Waals surface area contributed by atoms with Crippen LogP contribution in [0.2, 0.25) is 0 Å². The molecule has 0 amide bonds. The molecule has 0 atom stereocenters. The van der Waals surface area contributed by atoms with E-state index in [0.717, 1.165) is 27.8 Å². The second-order valence-corrected chi connectivity index (χ2v) is 7.94. The number of aliphatic imine (C=N–C) groups is 2. The van der Waals surface area contributed by atoms with Crippen molar-refractivity contribution < 1.29 is 0 Å². The molecule has 4 aromatic carbocycles. The summed E-state index contributed by atoms with van der Waals surface area (Å²) in [6.45, 7) is 4.64. The molecule has 0 saturated heterocycles. The number of rotatable bonds is 5. The van der Waals surface area contributed by atoms with E-state index < -0.39 is 0 Å².